The molecular formula is C20H24N2O3S. The highest BCUT2D eigenvalue weighted by Crippen LogP contribution is 2.17. The van der Waals surface area contributed by atoms with Crippen LogP contribution in [0, 0.1) is 0 Å². The summed E-state index contributed by atoms with van der Waals surface area (Å²) in [5.74, 6) is -0.155. The van der Waals surface area contributed by atoms with Crippen LogP contribution in [-0.2, 0) is 22.2 Å². The van der Waals surface area contributed by atoms with Crippen molar-refractivity contribution >= 4 is 15.9 Å². The molecular weight excluding hydrogens is 348 g/mol. The lowest BCUT2D eigenvalue weighted by molar-refractivity contribution is 0.0954. The van der Waals surface area contributed by atoms with Crippen LogP contribution in [0.3, 0.4) is 0 Å². The molecule has 0 aromatic heterocycles. The molecule has 0 spiro atoms. The fraction of sp³-hybridized carbons (Fsp3) is 0.350. The van der Waals surface area contributed by atoms with Gasteiger partial charge in [0.05, 0.1) is 5.75 Å². The molecule has 0 radical (unpaired) electrons. The van der Waals surface area contributed by atoms with Gasteiger partial charge in [0.25, 0.3) is 5.91 Å². The van der Waals surface area contributed by atoms with Crippen molar-refractivity contribution in [1.82, 2.24) is 9.62 Å². The van der Waals surface area contributed by atoms with Crippen molar-refractivity contribution in [3.8, 4) is 0 Å². The van der Waals surface area contributed by atoms with Crippen LogP contribution in [0.4, 0.5) is 0 Å². The van der Waals surface area contributed by atoms with Gasteiger partial charge in [-0.1, -0.05) is 42.5 Å². The second kappa shape index (κ2) is 8.47. The molecule has 1 amide bonds. The van der Waals surface area contributed by atoms with Crippen LogP contribution in [0.1, 0.15) is 34.3 Å². The lowest BCUT2D eigenvalue weighted by atomic mass is 10.1. The zero-order chi connectivity index (χ0) is 18.4. The quantitative estimate of drug-likeness (QED) is 0.812. The number of hydrogen-bond acceptors (Lipinski definition) is 3. The molecule has 2 aromatic carbocycles. The van der Waals surface area contributed by atoms with Gasteiger partial charge in [-0.2, -0.15) is 0 Å². The van der Waals surface area contributed by atoms with E-state index in [0.29, 0.717) is 30.8 Å². The number of nitrogens with one attached hydrogen (secondary N) is 1. The number of rotatable bonds is 7. The number of sulfonamides is 1. The molecule has 1 aliphatic heterocycles. The van der Waals surface area contributed by atoms with Gasteiger partial charge in [-0.3, -0.25) is 4.79 Å². The molecule has 0 bridgehead atoms. The summed E-state index contributed by atoms with van der Waals surface area (Å²) in [5.41, 5.74) is 2.42. The SMILES string of the molecule is O=C(NCCc1ccccc1)c1ccc(CS(=O)(=O)N2CCCC2)cc1. The fourth-order valence-corrected chi connectivity index (χ4v) is 4.70. The Balaban J connectivity index is 1.52. The first-order valence-electron chi connectivity index (χ1n) is 8.93. The maximum absolute atomic E-state index is 12.3. The second-order valence-electron chi connectivity index (χ2n) is 6.55. The average molecular weight is 372 g/mol. The van der Waals surface area contributed by atoms with Crippen molar-refractivity contribution in [3.05, 3.63) is 71.3 Å². The first-order chi connectivity index (χ1) is 12.5. The lowest BCUT2D eigenvalue weighted by Crippen LogP contribution is -2.29. The Kier molecular flexibility index (Phi) is 6.06. The van der Waals surface area contributed by atoms with E-state index in [-0.39, 0.29) is 11.7 Å². The smallest absolute Gasteiger partial charge is 0.251 e. The Hall–Kier alpha value is -2.18. The standard InChI is InChI=1S/C20H24N2O3S/c23-20(21-13-12-17-6-2-1-3-7-17)19-10-8-18(9-11-19)16-26(24,25)22-14-4-5-15-22/h1-3,6-11H,4-5,12-16H2,(H,21,23). The number of hydrogen-bond donors (Lipinski definition) is 1. The van der Waals surface area contributed by atoms with E-state index < -0.39 is 10.0 Å². The predicted molar refractivity (Wildman–Crippen MR) is 102 cm³/mol. The molecule has 0 atom stereocenters. The first-order valence-corrected chi connectivity index (χ1v) is 10.5. The zero-order valence-electron chi connectivity index (χ0n) is 14.7. The van der Waals surface area contributed by atoms with Gasteiger partial charge < -0.3 is 5.32 Å². The summed E-state index contributed by atoms with van der Waals surface area (Å²) in [6, 6.07) is 16.8. The van der Waals surface area contributed by atoms with Crippen LogP contribution < -0.4 is 5.32 Å². The van der Waals surface area contributed by atoms with Crippen molar-refractivity contribution in [3.63, 3.8) is 0 Å². The van der Waals surface area contributed by atoms with Crippen LogP contribution in [0.2, 0.25) is 0 Å². The Labute approximate surface area is 155 Å². The van der Waals surface area contributed by atoms with Crippen molar-refractivity contribution in [2.24, 2.45) is 0 Å². The van der Waals surface area contributed by atoms with E-state index in [2.05, 4.69) is 5.32 Å². The first kappa shape index (κ1) is 18.6. The number of amides is 1. The summed E-state index contributed by atoms with van der Waals surface area (Å²) in [6.07, 6.45) is 2.64. The van der Waals surface area contributed by atoms with E-state index in [9.17, 15) is 13.2 Å². The van der Waals surface area contributed by atoms with Gasteiger partial charge in [0.2, 0.25) is 10.0 Å². The van der Waals surface area contributed by atoms with E-state index in [0.717, 1.165) is 19.3 Å². The Morgan fingerprint density at radius 1 is 0.923 bits per heavy atom. The molecule has 0 saturated carbocycles. The highest BCUT2D eigenvalue weighted by molar-refractivity contribution is 7.88. The van der Waals surface area contributed by atoms with Gasteiger partial charge in [-0.05, 0) is 42.5 Å². The monoisotopic (exact) mass is 372 g/mol. The molecule has 1 saturated heterocycles. The van der Waals surface area contributed by atoms with Crippen molar-refractivity contribution in [2.75, 3.05) is 19.6 Å². The third-order valence-corrected chi connectivity index (χ3v) is 6.42. The van der Waals surface area contributed by atoms with Gasteiger partial charge in [0.15, 0.2) is 0 Å². The Bertz CT molecular complexity index is 827. The normalized spacial score (nSPS) is 15.1. The molecule has 1 heterocycles. The number of carbonyl (C=O) groups is 1. The summed E-state index contributed by atoms with van der Waals surface area (Å²) in [5, 5.41) is 2.89. The Morgan fingerprint density at radius 2 is 1.58 bits per heavy atom. The summed E-state index contributed by atoms with van der Waals surface area (Å²) < 4.78 is 26.2. The highest BCUT2D eigenvalue weighted by Gasteiger charge is 2.25. The van der Waals surface area contributed by atoms with Crippen molar-refractivity contribution < 1.29 is 13.2 Å². The van der Waals surface area contributed by atoms with E-state index in [1.165, 1.54) is 5.56 Å². The maximum atomic E-state index is 12.3. The van der Waals surface area contributed by atoms with E-state index in [1.807, 2.05) is 30.3 Å². The number of carbonyl (C=O) groups excluding carboxylic acids is 1. The molecule has 1 aliphatic rings. The lowest BCUT2D eigenvalue weighted by Gasteiger charge is -2.15. The maximum Gasteiger partial charge on any atom is 0.251 e. The minimum Gasteiger partial charge on any atom is -0.352 e. The molecule has 6 heteroatoms. The number of nitrogens with zero attached hydrogens (tertiary/aromatic N) is 1. The fourth-order valence-electron chi connectivity index (χ4n) is 3.09. The molecule has 26 heavy (non-hydrogen) atoms. The summed E-state index contributed by atoms with van der Waals surface area (Å²) in [4.78, 5) is 12.2. The van der Waals surface area contributed by atoms with Crippen molar-refractivity contribution in [2.45, 2.75) is 25.0 Å². The summed E-state index contributed by atoms with van der Waals surface area (Å²) in [6.45, 7) is 1.79. The van der Waals surface area contributed by atoms with Gasteiger partial charge in [-0.15, -0.1) is 0 Å². The molecule has 3 rings (SSSR count). The van der Waals surface area contributed by atoms with Crippen LogP contribution in [0.5, 0.6) is 0 Å². The minimum absolute atomic E-state index is 0.0110. The predicted octanol–water partition coefficient (Wildman–Crippen LogP) is 2.58. The average Bonchev–Trinajstić information content (AvgIpc) is 3.19. The van der Waals surface area contributed by atoms with Crippen molar-refractivity contribution in [1.29, 1.82) is 0 Å². The summed E-state index contributed by atoms with van der Waals surface area (Å²) >= 11 is 0. The Morgan fingerprint density at radius 3 is 2.23 bits per heavy atom. The second-order valence-corrected chi connectivity index (χ2v) is 8.52. The molecule has 1 N–H and O–H groups in total. The van der Waals surface area contributed by atoms with E-state index in [1.54, 1.807) is 28.6 Å². The molecule has 1 fully saturated rings. The van der Waals surface area contributed by atoms with Crippen LogP contribution in [0.25, 0.3) is 0 Å². The third-order valence-electron chi connectivity index (χ3n) is 4.57. The molecule has 2 aromatic rings. The molecule has 5 nitrogen and oxygen atoms in total. The topological polar surface area (TPSA) is 66.5 Å². The largest absolute Gasteiger partial charge is 0.352 e. The molecule has 0 unspecified atom stereocenters. The van der Waals surface area contributed by atoms with Gasteiger partial charge in [-0.25, -0.2) is 12.7 Å². The van der Waals surface area contributed by atoms with Crippen LogP contribution >= 0.6 is 0 Å². The van der Waals surface area contributed by atoms with Crippen LogP contribution in [0.15, 0.2) is 54.6 Å². The van der Waals surface area contributed by atoms with E-state index >= 15 is 0 Å². The molecule has 138 valence electrons. The van der Waals surface area contributed by atoms with Crippen LogP contribution in [-0.4, -0.2) is 38.3 Å². The highest BCUT2D eigenvalue weighted by atomic mass is 32.2. The molecule has 0 aliphatic carbocycles. The number of benzene rings is 2. The zero-order valence-corrected chi connectivity index (χ0v) is 15.5. The van der Waals surface area contributed by atoms with Gasteiger partial charge in [0.1, 0.15) is 0 Å². The third kappa shape index (κ3) is 4.93. The summed E-state index contributed by atoms with van der Waals surface area (Å²) in [7, 11) is -3.26. The van der Waals surface area contributed by atoms with Gasteiger partial charge in [0, 0.05) is 25.2 Å². The van der Waals surface area contributed by atoms with E-state index in [4.69, 9.17) is 0 Å². The van der Waals surface area contributed by atoms with Gasteiger partial charge >= 0.3 is 0 Å². The minimum atomic E-state index is -3.26.